The van der Waals surface area contributed by atoms with Crippen LogP contribution in [0.5, 0.6) is 0 Å². The van der Waals surface area contributed by atoms with Crippen LogP contribution in [0, 0.1) is 0 Å². The van der Waals surface area contributed by atoms with Gasteiger partial charge < -0.3 is 5.32 Å². The molecule has 0 saturated heterocycles. The van der Waals surface area contributed by atoms with Crippen molar-refractivity contribution in [1.82, 2.24) is 15.2 Å². The predicted molar refractivity (Wildman–Crippen MR) is 66.6 cm³/mol. The fourth-order valence-electron chi connectivity index (χ4n) is 1.72. The molecule has 0 aliphatic rings. The molecule has 90 valence electrons. The van der Waals surface area contributed by atoms with Gasteiger partial charge in [0.15, 0.2) is 0 Å². The van der Waals surface area contributed by atoms with Crippen molar-refractivity contribution in [3.8, 4) is 0 Å². The van der Waals surface area contributed by atoms with Crippen LogP contribution in [-0.4, -0.2) is 21.2 Å². The van der Waals surface area contributed by atoms with Crippen LogP contribution in [0.1, 0.15) is 51.9 Å². The van der Waals surface area contributed by atoms with Gasteiger partial charge in [-0.05, 0) is 26.2 Å². The van der Waals surface area contributed by atoms with E-state index in [0.29, 0.717) is 12.0 Å². The van der Waals surface area contributed by atoms with Gasteiger partial charge in [-0.1, -0.05) is 27.2 Å². The third-order valence-corrected chi connectivity index (χ3v) is 2.61. The van der Waals surface area contributed by atoms with Gasteiger partial charge in [-0.2, -0.15) is 5.10 Å². The number of nitrogens with zero attached hydrogens (tertiary/aromatic N) is 3. The molecule has 0 bridgehead atoms. The van der Waals surface area contributed by atoms with Crippen molar-refractivity contribution < 1.29 is 0 Å². The minimum absolute atomic E-state index is 0.406. The molecule has 1 atom stereocenters. The Morgan fingerprint density at radius 2 is 1.75 bits per heavy atom. The van der Waals surface area contributed by atoms with E-state index in [4.69, 9.17) is 0 Å². The predicted octanol–water partition coefficient (Wildman–Crippen LogP) is 2.60. The number of rotatable bonds is 6. The number of nitrogens with one attached hydrogen (secondary N) is 1. The van der Waals surface area contributed by atoms with E-state index < -0.39 is 0 Å². The van der Waals surface area contributed by atoms with Crippen LogP contribution in [0.15, 0.2) is 0 Å². The SMILES string of the molecule is CCCC(C)Nc1nnc(CC)c(CC)n1. The normalized spacial score (nSPS) is 12.5. The molecular formula is C12H22N4. The molecule has 0 aliphatic heterocycles. The van der Waals surface area contributed by atoms with Crippen LogP contribution in [0.3, 0.4) is 0 Å². The zero-order valence-electron chi connectivity index (χ0n) is 10.7. The molecule has 1 aromatic heterocycles. The van der Waals surface area contributed by atoms with Crippen molar-refractivity contribution in [3.63, 3.8) is 0 Å². The number of hydrogen-bond donors (Lipinski definition) is 1. The Labute approximate surface area is 97.9 Å². The van der Waals surface area contributed by atoms with Crippen LogP contribution in [0.4, 0.5) is 5.95 Å². The van der Waals surface area contributed by atoms with Gasteiger partial charge in [0.05, 0.1) is 11.4 Å². The molecule has 0 aliphatic carbocycles. The minimum atomic E-state index is 0.406. The zero-order valence-corrected chi connectivity index (χ0v) is 10.7. The van der Waals surface area contributed by atoms with Crippen molar-refractivity contribution in [2.45, 2.75) is 59.4 Å². The zero-order chi connectivity index (χ0) is 12.0. The molecule has 16 heavy (non-hydrogen) atoms. The molecule has 0 spiro atoms. The highest BCUT2D eigenvalue weighted by Crippen LogP contribution is 2.09. The number of anilines is 1. The quantitative estimate of drug-likeness (QED) is 0.803. The summed E-state index contributed by atoms with van der Waals surface area (Å²) in [6.45, 7) is 8.50. The second-order valence-electron chi connectivity index (χ2n) is 4.07. The Kier molecular flexibility index (Phi) is 5.15. The smallest absolute Gasteiger partial charge is 0.243 e. The van der Waals surface area contributed by atoms with Crippen molar-refractivity contribution >= 4 is 5.95 Å². The van der Waals surface area contributed by atoms with Gasteiger partial charge >= 0.3 is 0 Å². The lowest BCUT2D eigenvalue weighted by Crippen LogP contribution is -2.18. The molecule has 0 aromatic carbocycles. The highest BCUT2D eigenvalue weighted by Gasteiger charge is 2.07. The second-order valence-corrected chi connectivity index (χ2v) is 4.07. The van der Waals surface area contributed by atoms with Gasteiger partial charge in [-0.3, -0.25) is 0 Å². The average Bonchev–Trinajstić information content (AvgIpc) is 2.29. The van der Waals surface area contributed by atoms with Gasteiger partial charge in [0.2, 0.25) is 5.95 Å². The summed E-state index contributed by atoms with van der Waals surface area (Å²) in [6.07, 6.45) is 4.10. The largest absolute Gasteiger partial charge is 0.350 e. The van der Waals surface area contributed by atoms with Gasteiger partial charge in [-0.15, -0.1) is 5.10 Å². The van der Waals surface area contributed by atoms with E-state index in [2.05, 4.69) is 48.2 Å². The van der Waals surface area contributed by atoms with Crippen LogP contribution in [-0.2, 0) is 12.8 Å². The minimum Gasteiger partial charge on any atom is -0.350 e. The van der Waals surface area contributed by atoms with Gasteiger partial charge in [0.25, 0.3) is 0 Å². The molecule has 0 fully saturated rings. The van der Waals surface area contributed by atoms with Gasteiger partial charge in [0.1, 0.15) is 0 Å². The van der Waals surface area contributed by atoms with Crippen LogP contribution in [0.25, 0.3) is 0 Å². The number of aromatic nitrogens is 3. The number of hydrogen-bond acceptors (Lipinski definition) is 4. The van der Waals surface area contributed by atoms with E-state index in [9.17, 15) is 0 Å². The van der Waals surface area contributed by atoms with Crippen LogP contribution >= 0.6 is 0 Å². The highest BCUT2D eigenvalue weighted by molar-refractivity contribution is 5.26. The molecule has 1 rings (SSSR count). The Morgan fingerprint density at radius 3 is 2.31 bits per heavy atom. The third-order valence-electron chi connectivity index (χ3n) is 2.61. The fourth-order valence-corrected chi connectivity index (χ4v) is 1.72. The van der Waals surface area contributed by atoms with Crippen molar-refractivity contribution in [2.75, 3.05) is 5.32 Å². The summed E-state index contributed by atoms with van der Waals surface area (Å²) in [5.41, 5.74) is 2.07. The molecule has 4 heteroatoms. The summed E-state index contributed by atoms with van der Waals surface area (Å²) in [6, 6.07) is 0.406. The molecule has 0 saturated carbocycles. The van der Waals surface area contributed by atoms with E-state index in [0.717, 1.165) is 37.1 Å². The van der Waals surface area contributed by atoms with E-state index in [1.54, 1.807) is 0 Å². The first kappa shape index (κ1) is 12.9. The molecule has 0 radical (unpaired) electrons. The van der Waals surface area contributed by atoms with E-state index in [-0.39, 0.29) is 0 Å². The summed E-state index contributed by atoms with van der Waals surface area (Å²) >= 11 is 0. The Balaban J connectivity index is 2.74. The summed E-state index contributed by atoms with van der Waals surface area (Å²) < 4.78 is 0. The molecule has 0 amide bonds. The van der Waals surface area contributed by atoms with Gasteiger partial charge in [-0.25, -0.2) is 4.98 Å². The monoisotopic (exact) mass is 222 g/mol. The van der Waals surface area contributed by atoms with Gasteiger partial charge in [0, 0.05) is 6.04 Å². The Bertz CT molecular complexity index is 325. The van der Waals surface area contributed by atoms with Crippen molar-refractivity contribution in [2.24, 2.45) is 0 Å². The fraction of sp³-hybridized carbons (Fsp3) is 0.750. The standard InChI is InChI=1S/C12H22N4/c1-5-8-9(4)13-12-14-10(6-2)11(7-3)15-16-12/h9H,5-8H2,1-4H3,(H,13,14,16). The maximum absolute atomic E-state index is 4.50. The first-order chi connectivity index (χ1) is 7.71. The lowest BCUT2D eigenvalue weighted by atomic mass is 10.2. The maximum atomic E-state index is 4.50. The molecule has 1 N–H and O–H groups in total. The molecule has 4 nitrogen and oxygen atoms in total. The maximum Gasteiger partial charge on any atom is 0.243 e. The molecular weight excluding hydrogens is 200 g/mol. The molecule has 1 heterocycles. The van der Waals surface area contributed by atoms with E-state index in [1.165, 1.54) is 0 Å². The second kappa shape index (κ2) is 6.40. The molecule has 1 unspecified atom stereocenters. The Morgan fingerprint density at radius 1 is 1.06 bits per heavy atom. The third kappa shape index (κ3) is 3.43. The lowest BCUT2D eigenvalue weighted by Gasteiger charge is -2.13. The van der Waals surface area contributed by atoms with Crippen LogP contribution in [0.2, 0.25) is 0 Å². The first-order valence-corrected chi connectivity index (χ1v) is 6.20. The summed E-state index contributed by atoms with van der Waals surface area (Å²) in [5, 5.41) is 11.6. The van der Waals surface area contributed by atoms with E-state index >= 15 is 0 Å². The summed E-state index contributed by atoms with van der Waals surface area (Å²) in [5.74, 6) is 0.662. The van der Waals surface area contributed by atoms with E-state index in [1.807, 2.05) is 0 Å². The number of aryl methyl sites for hydroxylation is 2. The average molecular weight is 222 g/mol. The molecule has 1 aromatic rings. The van der Waals surface area contributed by atoms with Crippen molar-refractivity contribution in [1.29, 1.82) is 0 Å². The first-order valence-electron chi connectivity index (χ1n) is 6.20. The topological polar surface area (TPSA) is 50.7 Å². The highest BCUT2D eigenvalue weighted by atomic mass is 15.2. The lowest BCUT2D eigenvalue weighted by molar-refractivity contribution is 0.676. The Hall–Kier alpha value is -1.19. The van der Waals surface area contributed by atoms with Crippen molar-refractivity contribution in [3.05, 3.63) is 11.4 Å². The summed E-state index contributed by atoms with van der Waals surface area (Å²) in [4.78, 5) is 4.50. The summed E-state index contributed by atoms with van der Waals surface area (Å²) in [7, 11) is 0. The van der Waals surface area contributed by atoms with Crippen LogP contribution < -0.4 is 5.32 Å².